The van der Waals surface area contributed by atoms with Gasteiger partial charge in [-0.15, -0.1) is 0 Å². The van der Waals surface area contributed by atoms with E-state index >= 15 is 0 Å². The van der Waals surface area contributed by atoms with Crippen molar-refractivity contribution in [2.75, 3.05) is 24.6 Å². The molecule has 5 heteroatoms. The highest BCUT2D eigenvalue weighted by Crippen LogP contribution is 2.34. The lowest BCUT2D eigenvalue weighted by Crippen LogP contribution is -2.60. The normalized spacial score (nSPS) is 31.8. The second kappa shape index (κ2) is 6.10. The van der Waals surface area contributed by atoms with Crippen LogP contribution in [-0.4, -0.2) is 49.5 Å². The van der Waals surface area contributed by atoms with Crippen molar-refractivity contribution in [3.8, 4) is 0 Å². The summed E-state index contributed by atoms with van der Waals surface area (Å²) in [4.78, 5) is 2.58. The average Bonchev–Trinajstić information content (AvgIpc) is 2.65. The summed E-state index contributed by atoms with van der Waals surface area (Å²) in [6.07, 6.45) is 7.66. The molecule has 2 N–H and O–H groups in total. The van der Waals surface area contributed by atoms with E-state index in [1.165, 1.54) is 25.7 Å². The van der Waals surface area contributed by atoms with Crippen LogP contribution in [0.25, 0.3) is 0 Å². The quantitative estimate of drug-likeness (QED) is 0.856. The summed E-state index contributed by atoms with van der Waals surface area (Å²) >= 11 is 0. The number of likely N-dealkylation sites (tertiary alicyclic amines) is 1. The Morgan fingerprint density at radius 3 is 2.47 bits per heavy atom. The Kier molecular flexibility index (Phi) is 4.90. The van der Waals surface area contributed by atoms with E-state index in [0.29, 0.717) is 24.1 Å². The number of rotatable bonds is 3. The first kappa shape index (κ1) is 15.3. The van der Waals surface area contributed by atoms with Crippen LogP contribution in [0.2, 0.25) is 0 Å². The maximum absolute atomic E-state index is 11.7. The minimum Gasteiger partial charge on any atom is -0.329 e. The molecule has 0 aromatic carbocycles. The first-order chi connectivity index (χ1) is 9.03. The van der Waals surface area contributed by atoms with Gasteiger partial charge in [0.15, 0.2) is 0 Å². The van der Waals surface area contributed by atoms with Gasteiger partial charge >= 0.3 is 0 Å². The van der Waals surface area contributed by atoms with Crippen LogP contribution in [0.5, 0.6) is 0 Å². The summed E-state index contributed by atoms with van der Waals surface area (Å²) in [6.45, 7) is 3.93. The topological polar surface area (TPSA) is 63.4 Å². The summed E-state index contributed by atoms with van der Waals surface area (Å²) in [5.41, 5.74) is 6.03. The molecule has 112 valence electrons. The van der Waals surface area contributed by atoms with Crippen molar-refractivity contribution in [1.29, 1.82) is 0 Å². The van der Waals surface area contributed by atoms with Gasteiger partial charge in [-0.1, -0.05) is 19.8 Å². The van der Waals surface area contributed by atoms with Crippen molar-refractivity contribution in [2.24, 2.45) is 5.73 Å². The maximum Gasteiger partial charge on any atom is 0.150 e. The maximum atomic E-state index is 11.7. The van der Waals surface area contributed by atoms with Gasteiger partial charge in [0.25, 0.3) is 0 Å². The van der Waals surface area contributed by atoms with Crippen LogP contribution in [0.4, 0.5) is 0 Å². The first-order valence-electron chi connectivity index (χ1n) is 7.70. The predicted octanol–water partition coefficient (Wildman–Crippen LogP) is 1.55. The molecule has 2 aliphatic rings. The fourth-order valence-corrected chi connectivity index (χ4v) is 5.34. The lowest BCUT2D eigenvalue weighted by molar-refractivity contribution is 0.0392. The molecule has 2 aliphatic heterocycles. The minimum absolute atomic E-state index is 0.0592. The molecular formula is C14H28N2O2S. The molecule has 0 saturated carbocycles. The highest BCUT2D eigenvalue weighted by Gasteiger charge is 2.43. The van der Waals surface area contributed by atoms with Crippen molar-refractivity contribution in [2.45, 2.75) is 63.5 Å². The zero-order valence-corrected chi connectivity index (χ0v) is 12.9. The molecule has 4 nitrogen and oxygen atoms in total. The van der Waals surface area contributed by atoms with Crippen molar-refractivity contribution < 1.29 is 8.42 Å². The van der Waals surface area contributed by atoms with E-state index in [-0.39, 0.29) is 5.54 Å². The average molecular weight is 288 g/mol. The molecular weight excluding hydrogens is 260 g/mol. The molecule has 0 aromatic rings. The number of hydrogen-bond acceptors (Lipinski definition) is 4. The summed E-state index contributed by atoms with van der Waals surface area (Å²) in [6, 6.07) is 0.590. The summed E-state index contributed by atoms with van der Waals surface area (Å²) in [5.74, 6) is 0.633. The molecule has 2 saturated heterocycles. The van der Waals surface area contributed by atoms with Crippen LogP contribution in [0.15, 0.2) is 0 Å². The highest BCUT2D eigenvalue weighted by atomic mass is 32.2. The van der Waals surface area contributed by atoms with E-state index in [9.17, 15) is 8.42 Å². The van der Waals surface area contributed by atoms with E-state index < -0.39 is 9.84 Å². The molecule has 0 radical (unpaired) electrons. The molecule has 0 amide bonds. The van der Waals surface area contributed by atoms with Crippen molar-refractivity contribution in [1.82, 2.24) is 4.90 Å². The van der Waals surface area contributed by atoms with Gasteiger partial charge < -0.3 is 5.73 Å². The lowest BCUT2D eigenvalue weighted by atomic mass is 9.87. The molecule has 0 aliphatic carbocycles. The van der Waals surface area contributed by atoms with Gasteiger partial charge in [-0.2, -0.15) is 0 Å². The fraction of sp³-hybridized carbons (Fsp3) is 1.00. The number of sulfone groups is 1. The third-order valence-electron chi connectivity index (χ3n) is 5.09. The largest absolute Gasteiger partial charge is 0.329 e. The van der Waals surface area contributed by atoms with Gasteiger partial charge in [0, 0.05) is 18.1 Å². The van der Waals surface area contributed by atoms with E-state index in [2.05, 4.69) is 11.8 Å². The number of hydrogen-bond donors (Lipinski definition) is 1. The summed E-state index contributed by atoms with van der Waals surface area (Å²) in [7, 11) is -2.82. The van der Waals surface area contributed by atoms with E-state index in [1.807, 2.05) is 0 Å². The standard InChI is InChI=1S/C14H28N2O2S/c1-2-13-6-4-3-5-9-16(13)14(12-15)7-10-19(17,18)11-8-14/h13H,2-12,15H2,1H3. The zero-order valence-electron chi connectivity index (χ0n) is 12.1. The molecule has 0 spiro atoms. The molecule has 19 heavy (non-hydrogen) atoms. The number of nitrogens with two attached hydrogens (primary N) is 1. The molecule has 1 atom stereocenters. The second-order valence-electron chi connectivity index (χ2n) is 6.19. The Hall–Kier alpha value is -0.130. The third kappa shape index (κ3) is 3.31. The Morgan fingerprint density at radius 2 is 1.89 bits per heavy atom. The van der Waals surface area contributed by atoms with Gasteiger partial charge in [-0.3, -0.25) is 4.90 Å². The van der Waals surface area contributed by atoms with Crippen LogP contribution < -0.4 is 5.73 Å². The van der Waals surface area contributed by atoms with Crippen LogP contribution in [0.1, 0.15) is 51.9 Å². The SMILES string of the molecule is CCC1CCCCCN1C1(CN)CCS(=O)(=O)CC1. The zero-order chi connectivity index (χ0) is 13.9. The van der Waals surface area contributed by atoms with E-state index in [1.54, 1.807) is 0 Å². The molecule has 0 aromatic heterocycles. The molecule has 2 fully saturated rings. The predicted molar refractivity (Wildman–Crippen MR) is 78.9 cm³/mol. The molecule has 2 rings (SSSR count). The Bertz CT molecular complexity index is 380. The second-order valence-corrected chi connectivity index (χ2v) is 8.49. The Morgan fingerprint density at radius 1 is 1.21 bits per heavy atom. The van der Waals surface area contributed by atoms with Gasteiger partial charge in [-0.25, -0.2) is 8.42 Å². The fourth-order valence-electron chi connectivity index (χ4n) is 3.75. The number of nitrogens with zero attached hydrogens (tertiary/aromatic N) is 1. The Balaban J connectivity index is 2.19. The van der Waals surface area contributed by atoms with Crippen molar-refractivity contribution in [3.05, 3.63) is 0 Å². The molecule has 2 heterocycles. The van der Waals surface area contributed by atoms with Crippen molar-refractivity contribution >= 4 is 9.84 Å². The van der Waals surface area contributed by atoms with Crippen LogP contribution in [0.3, 0.4) is 0 Å². The molecule has 0 bridgehead atoms. The van der Waals surface area contributed by atoms with E-state index in [0.717, 1.165) is 25.8 Å². The smallest absolute Gasteiger partial charge is 0.150 e. The van der Waals surface area contributed by atoms with Gasteiger partial charge in [0.2, 0.25) is 0 Å². The van der Waals surface area contributed by atoms with Gasteiger partial charge in [0.1, 0.15) is 9.84 Å². The molecule has 1 unspecified atom stereocenters. The monoisotopic (exact) mass is 288 g/mol. The van der Waals surface area contributed by atoms with Crippen molar-refractivity contribution in [3.63, 3.8) is 0 Å². The first-order valence-corrected chi connectivity index (χ1v) is 9.52. The Labute approximate surface area is 117 Å². The highest BCUT2D eigenvalue weighted by molar-refractivity contribution is 7.91. The van der Waals surface area contributed by atoms with Crippen LogP contribution in [0, 0.1) is 0 Å². The minimum atomic E-state index is -2.82. The summed E-state index contributed by atoms with van der Waals surface area (Å²) < 4.78 is 23.4. The summed E-state index contributed by atoms with van der Waals surface area (Å²) in [5, 5.41) is 0. The van der Waals surface area contributed by atoms with Gasteiger partial charge in [-0.05, 0) is 38.6 Å². The van der Waals surface area contributed by atoms with Crippen LogP contribution >= 0.6 is 0 Å². The van der Waals surface area contributed by atoms with Gasteiger partial charge in [0.05, 0.1) is 11.5 Å². The van der Waals surface area contributed by atoms with Crippen LogP contribution in [-0.2, 0) is 9.84 Å². The lowest BCUT2D eigenvalue weighted by Gasteiger charge is -2.49. The van der Waals surface area contributed by atoms with E-state index in [4.69, 9.17) is 5.73 Å². The third-order valence-corrected chi connectivity index (χ3v) is 6.75.